The summed E-state index contributed by atoms with van der Waals surface area (Å²) in [6.45, 7) is 1.26. The minimum Gasteiger partial charge on any atom is -0.411 e. The van der Waals surface area contributed by atoms with E-state index in [0.717, 1.165) is 0 Å². The van der Waals surface area contributed by atoms with E-state index >= 15 is 0 Å². The Balaban J connectivity index is 4.10. The Morgan fingerprint density at radius 3 is 2.50 bits per heavy atom. The monoisotopic (exact) mass is 112 g/mol. The van der Waals surface area contributed by atoms with E-state index in [1.54, 1.807) is 0 Å². The SMILES string of the molecule is C/C(=N\O)C(=O)C#N. The topological polar surface area (TPSA) is 73.5 Å². The standard InChI is InChI=1S/C4H4N2O2/c1-3(6-8)4(7)2-5/h8H,1H3/b6-3+. The van der Waals surface area contributed by atoms with Crippen molar-refractivity contribution in [3.8, 4) is 6.07 Å². The summed E-state index contributed by atoms with van der Waals surface area (Å²) in [6, 6.07) is 1.29. The van der Waals surface area contributed by atoms with Crippen molar-refractivity contribution in [2.24, 2.45) is 5.16 Å². The second-order valence-electron chi connectivity index (χ2n) is 1.13. The predicted molar refractivity (Wildman–Crippen MR) is 25.5 cm³/mol. The summed E-state index contributed by atoms with van der Waals surface area (Å²) in [5, 5.41) is 18.2. The van der Waals surface area contributed by atoms with Gasteiger partial charge in [0.15, 0.2) is 0 Å². The fourth-order valence-electron chi connectivity index (χ4n) is 0.126. The fourth-order valence-corrected chi connectivity index (χ4v) is 0.126. The van der Waals surface area contributed by atoms with Crippen molar-refractivity contribution in [3.63, 3.8) is 0 Å². The lowest BCUT2D eigenvalue weighted by Crippen LogP contribution is -2.05. The molecule has 0 saturated heterocycles. The Morgan fingerprint density at radius 2 is 2.38 bits per heavy atom. The van der Waals surface area contributed by atoms with E-state index in [-0.39, 0.29) is 5.71 Å². The molecule has 1 N–H and O–H groups in total. The molecule has 0 amide bonds. The Bertz CT molecular complexity index is 165. The number of nitriles is 1. The Labute approximate surface area is 46.0 Å². The maximum atomic E-state index is 10.1. The first-order chi connectivity index (χ1) is 3.72. The molecule has 0 aromatic rings. The normalized spacial score (nSPS) is 10.2. The van der Waals surface area contributed by atoms with Crippen LogP contribution in [0.2, 0.25) is 0 Å². The Hall–Kier alpha value is -1.37. The lowest BCUT2D eigenvalue weighted by atomic mass is 10.3. The van der Waals surface area contributed by atoms with Crippen LogP contribution in [-0.4, -0.2) is 16.7 Å². The first kappa shape index (κ1) is 6.63. The molecule has 0 atom stereocenters. The van der Waals surface area contributed by atoms with Gasteiger partial charge in [0.25, 0.3) is 5.78 Å². The highest BCUT2D eigenvalue weighted by molar-refractivity contribution is 6.44. The summed E-state index contributed by atoms with van der Waals surface area (Å²) in [4.78, 5) is 10.1. The van der Waals surface area contributed by atoms with Gasteiger partial charge in [-0.05, 0) is 6.92 Å². The molecule has 0 saturated carbocycles. The number of oxime groups is 1. The molecule has 4 heteroatoms. The number of carbonyl (C=O) groups is 1. The summed E-state index contributed by atoms with van der Waals surface area (Å²) in [5.41, 5.74) is -0.187. The molecule has 0 radical (unpaired) electrons. The smallest absolute Gasteiger partial charge is 0.279 e. The Kier molecular flexibility index (Phi) is 2.28. The lowest BCUT2D eigenvalue weighted by Gasteiger charge is -1.79. The van der Waals surface area contributed by atoms with Crippen LogP contribution >= 0.6 is 0 Å². The largest absolute Gasteiger partial charge is 0.411 e. The predicted octanol–water partition coefficient (Wildman–Crippen LogP) is -0.0708. The molecule has 4 nitrogen and oxygen atoms in total. The number of ketones is 1. The van der Waals surface area contributed by atoms with Crippen LogP contribution in [0.15, 0.2) is 5.16 Å². The molecule has 0 aliphatic rings. The maximum absolute atomic E-state index is 10.1. The van der Waals surface area contributed by atoms with E-state index in [1.807, 2.05) is 0 Å². The third-order valence-electron chi connectivity index (χ3n) is 0.580. The van der Waals surface area contributed by atoms with Gasteiger partial charge in [-0.3, -0.25) is 4.79 Å². The van der Waals surface area contributed by atoms with Gasteiger partial charge in [0.05, 0.1) is 0 Å². The van der Waals surface area contributed by atoms with Gasteiger partial charge in [-0.2, -0.15) is 5.26 Å². The van der Waals surface area contributed by atoms with Crippen molar-refractivity contribution in [2.45, 2.75) is 6.92 Å². The van der Waals surface area contributed by atoms with Crippen LogP contribution in [0.5, 0.6) is 0 Å². The van der Waals surface area contributed by atoms with E-state index < -0.39 is 5.78 Å². The van der Waals surface area contributed by atoms with Crippen LogP contribution < -0.4 is 0 Å². The van der Waals surface area contributed by atoms with Gasteiger partial charge in [-0.25, -0.2) is 0 Å². The molecule has 0 spiro atoms. The number of Topliss-reactive ketones (excluding diaryl/α,β-unsaturated/α-hetero) is 1. The number of hydrogen-bond acceptors (Lipinski definition) is 4. The summed E-state index contributed by atoms with van der Waals surface area (Å²) in [6.07, 6.45) is 0. The zero-order valence-electron chi connectivity index (χ0n) is 4.25. The highest BCUT2D eigenvalue weighted by Gasteiger charge is 2.01. The molecule has 0 aliphatic carbocycles. The molecule has 0 bridgehead atoms. The molecule has 0 aromatic carbocycles. The zero-order chi connectivity index (χ0) is 6.57. The molecule has 0 heterocycles. The van der Waals surface area contributed by atoms with Gasteiger partial charge in [-0.15, -0.1) is 0 Å². The van der Waals surface area contributed by atoms with Gasteiger partial charge in [0.1, 0.15) is 11.8 Å². The van der Waals surface area contributed by atoms with Gasteiger partial charge in [0, 0.05) is 0 Å². The van der Waals surface area contributed by atoms with Crippen molar-refractivity contribution < 1.29 is 10.0 Å². The lowest BCUT2D eigenvalue weighted by molar-refractivity contribution is -0.108. The molecule has 0 fully saturated rings. The molecule has 8 heavy (non-hydrogen) atoms. The molecule has 42 valence electrons. The number of carbonyl (C=O) groups excluding carboxylic acids is 1. The van der Waals surface area contributed by atoms with Crippen molar-refractivity contribution >= 4 is 11.5 Å². The molecular weight excluding hydrogens is 108 g/mol. The minimum absolute atomic E-state index is 0.187. The molecule has 0 rings (SSSR count). The van der Waals surface area contributed by atoms with Crippen LogP contribution in [0.25, 0.3) is 0 Å². The average molecular weight is 112 g/mol. The zero-order valence-corrected chi connectivity index (χ0v) is 4.25. The summed E-state index contributed by atoms with van der Waals surface area (Å²) >= 11 is 0. The summed E-state index contributed by atoms with van der Waals surface area (Å²) in [5.74, 6) is -0.812. The van der Waals surface area contributed by atoms with Crippen molar-refractivity contribution in [3.05, 3.63) is 0 Å². The summed E-state index contributed by atoms with van der Waals surface area (Å²) < 4.78 is 0. The summed E-state index contributed by atoms with van der Waals surface area (Å²) in [7, 11) is 0. The van der Waals surface area contributed by atoms with Crippen molar-refractivity contribution in [2.75, 3.05) is 0 Å². The average Bonchev–Trinajstić information content (AvgIpc) is 1.84. The van der Waals surface area contributed by atoms with Gasteiger partial charge >= 0.3 is 0 Å². The van der Waals surface area contributed by atoms with Crippen LogP contribution in [0, 0.1) is 11.3 Å². The first-order valence-electron chi connectivity index (χ1n) is 1.85. The first-order valence-corrected chi connectivity index (χ1v) is 1.85. The third-order valence-corrected chi connectivity index (χ3v) is 0.580. The second-order valence-corrected chi connectivity index (χ2v) is 1.13. The van der Waals surface area contributed by atoms with Gasteiger partial charge in [-0.1, -0.05) is 5.16 Å². The molecule has 0 unspecified atom stereocenters. The quantitative estimate of drug-likeness (QED) is 0.223. The van der Waals surface area contributed by atoms with E-state index in [0.29, 0.717) is 0 Å². The van der Waals surface area contributed by atoms with E-state index in [4.69, 9.17) is 10.5 Å². The van der Waals surface area contributed by atoms with Crippen LogP contribution in [0.1, 0.15) is 6.92 Å². The highest BCUT2D eigenvalue weighted by Crippen LogP contribution is 1.74. The van der Waals surface area contributed by atoms with E-state index in [1.165, 1.54) is 13.0 Å². The van der Waals surface area contributed by atoms with Gasteiger partial charge < -0.3 is 5.21 Å². The fraction of sp³-hybridized carbons (Fsp3) is 0.250. The molecular formula is C4H4N2O2. The number of rotatable bonds is 1. The van der Waals surface area contributed by atoms with Crippen LogP contribution in [0.4, 0.5) is 0 Å². The van der Waals surface area contributed by atoms with Gasteiger partial charge in [0.2, 0.25) is 0 Å². The second kappa shape index (κ2) is 2.75. The minimum atomic E-state index is -0.812. The number of nitrogens with zero attached hydrogens (tertiary/aromatic N) is 2. The van der Waals surface area contributed by atoms with Crippen LogP contribution in [-0.2, 0) is 4.79 Å². The molecule has 0 aromatic heterocycles. The maximum Gasteiger partial charge on any atom is 0.279 e. The van der Waals surface area contributed by atoms with Crippen molar-refractivity contribution in [1.29, 1.82) is 5.26 Å². The van der Waals surface area contributed by atoms with E-state index in [9.17, 15) is 4.79 Å². The van der Waals surface area contributed by atoms with E-state index in [2.05, 4.69) is 5.16 Å². The molecule has 0 aliphatic heterocycles. The van der Waals surface area contributed by atoms with Crippen LogP contribution in [0.3, 0.4) is 0 Å². The number of hydrogen-bond donors (Lipinski definition) is 1. The Morgan fingerprint density at radius 1 is 1.88 bits per heavy atom. The highest BCUT2D eigenvalue weighted by atomic mass is 16.4. The third kappa shape index (κ3) is 1.39. The van der Waals surface area contributed by atoms with Crippen molar-refractivity contribution in [1.82, 2.24) is 0 Å².